The van der Waals surface area contributed by atoms with Crippen molar-refractivity contribution in [2.45, 2.75) is 25.4 Å². The standard InChI is InChI=1S/C19H20O4/c1-12(19(21)22)14-7-8-16-17(10-14)23-11-15(18(16)20)9-13-5-3-2-4-6-13/h2-8,10,12,15,18,20H,9,11H2,1H3,(H,21,22)/t12?,15-,18+/m1/s1. The number of rotatable bonds is 4. The van der Waals surface area contributed by atoms with Crippen LogP contribution < -0.4 is 4.74 Å². The molecule has 4 heteroatoms. The lowest BCUT2D eigenvalue weighted by molar-refractivity contribution is -0.138. The highest BCUT2D eigenvalue weighted by atomic mass is 16.5. The predicted octanol–water partition coefficient (Wildman–Crippen LogP) is 3.16. The van der Waals surface area contributed by atoms with Gasteiger partial charge in [-0.3, -0.25) is 4.79 Å². The molecule has 4 nitrogen and oxygen atoms in total. The second kappa shape index (κ2) is 6.42. The van der Waals surface area contributed by atoms with Crippen LogP contribution in [0.3, 0.4) is 0 Å². The number of aliphatic hydroxyl groups is 1. The second-order valence-corrected chi connectivity index (χ2v) is 6.06. The van der Waals surface area contributed by atoms with E-state index in [1.807, 2.05) is 30.3 Å². The number of aliphatic carboxylic acids is 1. The molecule has 0 saturated heterocycles. The molecule has 0 fully saturated rings. The summed E-state index contributed by atoms with van der Waals surface area (Å²) in [6, 6.07) is 15.3. The van der Waals surface area contributed by atoms with Gasteiger partial charge in [-0.25, -0.2) is 0 Å². The summed E-state index contributed by atoms with van der Waals surface area (Å²) in [5.74, 6) is -0.883. The van der Waals surface area contributed by atoms with Crippen molar-refractivity contribution in [3.63, 3.8) is 0 Å². The normalized spacial score (nSPS) is 21.1. The van der Waals surface area contributed by atoms with Crippen molar-refractivity contribution in [2.75, 3.05) is 6.61 Å². The van der Waals surface area contributed by atoms with E-state index in [0.29, 0.717) is 17.9 Å². The van der Waals surface area contributed by atoms with E-state index in [9.17, 15) is 9.90 Å². The van der Waals surface area contributed by atoms with Crippen molar-refractivity contribution in [3.05, 3.63) is 65.2 Å². The van der Waals surface area contributed by atoms with Crippen molar-refractivity contribution < 1.29 is 19.7 Å². The fraction of sp³-hybridized carbons (Fsp3) is 0.316. The van der Waals surface area contributed by atoms with Gasteiger partial charge in [0.05, 0.1) is 18.6 Å². The number of benzene rings is 2. The molecule has 0 spiro atoms. The summed E-state index contributed by atoms with van der Waals surface area (Å²) in [4.78, 5) is 11.1. The Morgan fingerprint density at radius 3 is 2.70 bits per heavy atom. The van der Waals surface area contributed by atoms with Crippen molar-refractivity contribution in [1.82, 2.24) is 0 Å². The minimum absolute atomic E-state index is 0.00681. The fourth-order valence-electron chi connectivity index (χ4n) is 2.96. The van der Waals surface area contributed by atoms with Crippen LogP contribution in [0.25, 0.3) is 0 Å². The van der Waals surface area contributed by atoms with E-state index >= 15 is 0 Å². The summed E-state index contributed by atoms with van der Waals surface area (Å²) in [5, 5.41) is 19.7. The summed E-state index contributed by atoms with van der Waals surface area (Å²) in [6.07, 6.45) is 0.141. The van der Waals surface area contributed by atoms with E-state index in [-0.39, 0.29) is 5.92 Å². The molecule has 3 rings (SSSR count). The van der Waals surface area contributed by atoms with Crippen LogP contribution in [0.2, 0.25) is 0 Å². The molecule has 2 aromatic carbocycles. The highest BCUT2D eigenvalue weighted by Crippen LogP contribution is 2.38. The second-order valence-electron chi connectivity index (χ2n) is 6.06. The molecule has 0 aliphatic carbocycles. The van der Waals surface area contributed by atoms with E-state index < -0.39 is 18.0 Å². The summed E-state index contributed by atoms with van der Waals surface area (Å²) >= 11 is 0. The van der Waals surface area contributed by atoms with Gasteiger partial charge in [0.1, 0.15) is 5.75 Å². The van der Waals surface area contributed by atoms with Gasteiger partial charge in [-0.2, -0.15) is 0 Å². The number of aliphatic hydroxyl groups excluding tert-OH is 1. The molecule has 1 unspecified atom stereocenters. The maximum atomic E-state index is 11.1. The first-order valence-corrected chi connectivity index (χ1v) is 7.77. The zero-order valence-corrected chi connectivity index (χ0v) is 13.0. The molecule has 1 heterocycles. The van der Waals surface area contributed by atoms with E-state index in [1.54, 1.807) is 25.1 Å². The van der Waals surface area contributed by atoms with Gasteiger partial charge in [-0.05, 0) is 30.5 Å². The molecular formula is C19H20O4. The SMILES string of the molecule is CC(C(=O)O)c1ccc2c(c1)OC[C@@H](Cc1ccccc1)[C@@H]2O. The Morgan fingerprint density at radius 1 is 1.26 bits per heavy atom. The largest absolute Gasteiger partial charge is 0.493 e. The molecule has 0 amide bonds. The van der Waals surface area contributed by atoms with Crippen molar-refractivity contribution in [2.24, 2.45) is 5.92 Å². The van der Waals surface area contributed by atoms with Crippen LogP contribution >= 0.6 is 0 Å². The number of carboxylic acid groups (broad SMARTS) is 1. The molecule has 2 N–H and O–H groups in total. The Kier molecular flexibility index (Phi) is 4.35. The van der Waals surface area contributed by atoms with Crippen LogP contribution in [-0.2, 0) is 11.2 Å². The van der Waals surface area contributed by atoms with Crippen LogP contribution in [-0.4, -0.2) is 22.8 Å². The van der Waals surface area contributed by atoms with Crippen LogP contribution in [0, 0.1) is 5.92 Å². The molecule has 0 bridgehead atoms. The molecular weight excluding hydrogens is 292 g/mol. The zero-order valence-electron chi connectivity index (χ0n) is 13.0. The first-order chi connectivity index (χ1) is 11.1. The van der Waals surface area contributed by atoms with Crippen LogP contribution in [0.1, 0.15) is 35.6 Å². The Bertz CT molecular complexity index is 696. The third-order valence-electron chi connectivity index (χ3n) is 4.47. The third-order valence-corrected chi connectivity index (χ3v) is 4.47. The minimum Gasteiger partial charge on any atom is -0.493 e. The summed E-state index contributed by atoms with van der Waals surface area (Å²) < 4.78 is 5.80. The van der Waals surface area contributed by atoms with Crippen molar-refractivity contribution in [1.29, 1.82) is 0 Å². The van der Waals surface area contributed by atoms with Gasteiger partial charge >= 0.3 is 5.97 Å². The van der Waals surface area contributed by atoms with Gasteiger partial charge in [0.2, 0.25) is 0 Å². The number of hydrogen-bond donors (Lipinski definition) is 2. The average molecular weight is 312 g/mol. The van der Waals surface area contributed by atoms with Gasteiger partial charge in [-0.1, -0.05) is 42.5 Å². The Hall–Kier alpha value is -2.33. The maximum absolute atomic E-state index is 11.1. The topological polar surface area (TPSA) is 66.8 Å². The van der Waals surface area contributed by atoms with Crippen molar-refractivity contribution >= 4 is 5.97 Å². The molecule has 2 aromatic rings. The van der Waals surface area contributed by atoms with E-state index in [4.69, 9.17) is 9.84 Å². The zero-order chi connectivity index (χ0) is 16.4. The van der Waals surface area contributed by atoms with E-state index in [1.165, 1.54) is 5.56 Å². The summed E-state index contributed by atoms with van der Waals surface area (Å²) in [6.45, 7) is 2.06. The first kappa shape index (κ1) is 15.6. The average Bonchev–Trinajstić information content (AvgIpc) is 2.57. The van der Waals surface area contributed by atoms with E-state index in [0.717, 1.165) is 12.0 Å². The number of ether oxygens (including phenoxy) is 1. The molecule has 23 heavy (non-hydrogen) atoms. The first-order valence-electron chi connectivity index (χ1n) is 7.77. The third kappa shape index (κ3) is 3.22. The van der Waals surface area contributed by atoms with Gasteiger partial charge in [-0.15, -0.1) is 0 Å². The Labute approximate surface area is 135 Å². The van der Waals surface area contributed by atoms with E-state index in [2.05, 4.69) is 0 Å². The monoisotopic (exact) mass is 312 g/mol. The number of hydrogen-bond acceptors (Lipinski definition) is 3. The number of fused-ring (bicyclic) bond motifs is 1. The highest BCUT2D eigenvalue weighted by molar-refractivity contribution is 5.75. The van der Waals surface area contributed by atoms with Crippen LogP contribution in [0.5, 0.6) is 5.75 Å². The molecule has 1 aliphatic rings. The lowest BCUT2D eigenvalue weighted by atomic mass is 9.87. The Balaban J connectivity index is 1.80. The van der Waals surface area contributed by atoms with Crippen molar-refractivity contribution in [3.8, 4) is 5.75 Å². The molecule has 0 aromatic heterocycles. The van der Waals surface area contributed by atoms with Crippen LogP contribution in [0.4, 0.5) is 0 Å². The predicted molar refractivity (Wildman–Crippen MR) is 86.6 cm³/mol. The van der Waals surface area contributed by atoms with Gasteiger partial charge < -0.3 is 14.9 Å². The minimum atomic E-state index is -0.872. The smallest absolute Gasteiger partial charge is 0.310 e. The Morgan fingerprint density at radius 2 is 2.00 bits per heavy atom. The van der Waals surface area contributed by atoms with Gasteiger partial charge in [0.25, 0.3) is 0 Å². The van der Waals surface area contributed by atoms with Gasteiger partial charge in [0.15, 0.2) is 0 Å². The maximum Gasteiger partial charge on any atom is 0.310 e. The molecule has 0 saturated carbocycles. The fourth-order valence-corrected chi connectivity index (χ4v) is 2.96. The molecule has 3 atom stereocenters. The number of carbonyl (C=O) groups is 1. The highest BCUT2D eigenvalue weighted by Gasteiger charge is 2.30. The van der Waals surface area contributed by atoms with Gasteiger partial charge in [0, 0.05) is 11.5 Å². The number of carboxylic acids is 1. The summed E-state index contributed by atoms with van der Waals surface area (Å²) in [7, 11) is 0. The summed E-state index contributed by atoms with van der Waals surface area (Å²) in [5.41, 5.74) is 2.59. The van der Waals surface area contributed by atoms with Crippen LogP contribution in [0.15, 0.2) is 48.5 Å². The molecule has 0 radical (unpaired) electrons. The quantitative estimate of drug-likeness (QED) is 0.910. The lowest BCUT2D eigenvalue weighted by Crippen LogP contribution is -2.27. The molecule has 120 valence electrons. The molecule has 1 aliphatic heterocycles. The lowest BCUT2D eigenvalue weighted by Gasteiger charge is -2.31.